The average molecular weight is 288 g/mol. The van der Waals surface area contributed by atoms with Crippen LogP contribution >= 0.6 is 15.9 Å². The van der Waals surface area contributed by atoms with Gasteiger partial charge in [-0.05, 0) is 17.5 Å². The van der Waals surface area contributed by atoms with Crippen molar-refractivity contribution in [3.63, 3.8) is 0 Å². The van der Waals surface area contributed by atoms with Crippen LogP contribution in [-0.4, -0.2) is 13.2 Å². The molecular weight excluding hydrogens is 273 g/mol. The van der Waals surface area contributed by atoms with E-state index < -0.39 is 0 Å². The fourth-order valence-electron chi connectivity index (χ4n) is 2.30. The Labute approximate surface area is 103 Å². The lowest BCUT2D eigenvalue weighted by Gasteiger charge is -2.11. The molecule has 2 rings (SSSR count). The molecule has 0 amide bonds. The molecule has 0 heterocycles. The van der Waals surface area contributed by atoms with Gasteiger partial charge in [0.25, 0.3) is 0 Å². The summed E-state index contributed by atoms with van der Waals surface area (Å²) in [5, 5.41) is 0. The summed E-state index contributed by atoms with van der Waals surface area (Å²) < 4.78 is 19.5. The first kappa shape index (κ1) is 11.9. The van der Waals surface area contributed by atoms with Gasteiger partial charge < -0.3 is 10.5 Å². The topological polar surface area (TPSA) is 35.2 Å². The highest BCUT2D eigenvalue weighted by atomic mass is 79.9. The van der Waals surface area contributed by atoms with Gasteiger partial charge in [0.2, 0.25) is 0 Å². The predicted octanol–water partition coefficient (Wildman–Crippen LogP) is 3.05. The second-order valence-electron chi connectivity index (χ2n) is 4.83. The van der Waals surface area contributed by atoms with E-state index in [0.29, 0.717) is 5.75 Å². The van der Waals surface area contributed by atoms with Crippen LogP contribution in [0.25, 0.3) is 0 Å². The summed E-state index contributed by atoms with van der Waals surface area (Å²) in [6.07, 6.45) is 0. The number of halogens is 2. The number of hydrogen-bond acceptors (Lipinski definition) is 2. The summed E-state index contributed by atoms with van der Waals surface area (Å²) in [7, 11) is 1.48. The van der Waals surface area contributed by atoms with Gasteiger partial charge in [-0.3, -0.25) is 0 Å². The zero-order valence-corrected chi connectivity index (χ0v) is 11.1. The maximum absolute atomic E-state index is 13.7. The molecule has 88 valence electrons. The van der Waals surface area contributed by atoms with Gasteiger partial charge in [-0.1, -0.05) is 29.8 Å². The summed E-state index contributed by atoms with van der Waals surface area (Å²) in [5.41, 5.74) is 6.87. The van der Waals surface area contributed by atoms with Crippen molar-refractivity contribution in [3.8, 4) is 5.75 Å². The highest BCUT2D eigenvalue weighted by molar-refractivity contribution is 9.10. The molecule has 1 aromatic rings. The van der Waals surface area contributed by atoms with Crippen molar-refractivity contribution in [2.75, 3.05) is 7.11 Å². The molecule has 0 unspecified atom stereocenters. The van der Waals surface area contributed by atoms with Gasteiger partial charge in [0, 0.05) is 22.0 Å². The first-order chi connectivity index (χ1) is 7.39. The zero-order chi connectivity index (χ0) is 12.1. The standard InChI is InChI=1S/C12H15BrFNO/c1-12(2)9(11(12)15)7-4-6(13)5-8(14)10(7)16-3/h4-5,9,11H,15H2,1-3H3/t9-,11-/m1/s1. The molecule has 1 aliphatic carbocycles. The molecule has 2 nitrogen and oxygen atoms in total. The van der Waals surface area contributed by atoms with Gasteiger partial charge >= 0.3 is 0 Å². The van der Waals surface area contributed by atoms with Gasteiger partial charge in [0.05, 0.1) is 7.11 Å². The van der Waals surface area contributed by atoms with E-state index in [1.54, 1.807) is 0 Å². The minimum atomic E-state index is -0.346. The number of ether oxygens (including phenoxy) is 1. The molecule has 0 aromatic heterocycles. The third-order valence-electron chi connectivity index (χ3n) is 3.49. The van der Waals surface area contributed by atoms with Crippen LogP contribution in [0.2, 0.25) is 0 Å². The van der Waals surface area contributed by atoms with Crippen molar-refractivity contribution in [2.45, 2.75) is 25.8 Å². The highest BCUT2D eigenvalue weighted by Crippen LogP contribution is 2.59. The zero-order valence-electron chi connectivity index (χ0n) is 9.55. The van der Waals surface area contributed by atoms with E-state index in [2.05, 4.69) is 29.8 Å². The Morgan fingerprint density at radius 2 is 2.00 bits per heavy atom. The first-order valence-electron chi connectivity index (χ1n) is 5.18. The molecule has 1 aromatic carbocycles. The predicted molar refractivity (Wildman–Crippen MR) is 65.1 cm³/mol. The molecule has 16 heavy (non-hydrogen) atoms. The van der Waals surface area contributed by atoms with Crippen LogP contribution in [-0.2, 0) is 0 Å². The molecule has 4 heteroatoms. The molecule has 1 fully saturated rings. The lowest BCUT2D eigenvalue weighted by atomic mass is 10.0. The Kier molecular flexibility index (Phi) is 2.75. The van der Waals surface area contributed by atoms with E-state index in [1.165, 1.54) is 13.2 Å². The summed E-state index contributed by atoms with van der Waals surface area (Å²) in [4.78, 5) is 0. The Morgan fingerprint density at radius 1 is 1.44 bits per heavy atom. The molecule has 0 bridgehead atoms. The number of methoxy groups -OCH3 is 1. The second kappa shape index (κ2) is 3.70. The van der Waals surface area contributed by atoms with Gasteiger partial charge in [-0.2, -0.15) is 0 Å². The van der Waals surface area contributed by atoms with Crippen molar-refractivity contribution >= 4 is 15.9 Å². The quantitative estimate of drug-likeness (QED) is 0.907. The van der Waals surface area contributed by atoms with Crippen molar-refractivity contribution in [1.82, 2.24) is 0 Å². The minimum absolute atomic E-state index is 0.0144. The Bertz CT molecular complexity index is 433. The van der Waals surface area contributed by atoms with Crippen LogP contribution in [0, 0.1) is 11.2 Å². The number of rotatable bonds is 2. The lowest BCUT2D eigenvalue weighted by molar-refractivity contribution is 0.379. The molecule has 0 spiro atoms. The molecule has 0 aliphatic heterocycles. The van der Waals surface area contributed by atoms with Crippen molar-refractivity contribution in [3.05, 3.63) is 28.0 Å². The molecular formula is C12H15BrFNO. The highest BCUT2D eigenvalue weighted by Gasteiger charge is 2.57. The summed E-state index contributed by atoms with van der Waals surface area (Å²) >= 11 is 3.29. The van der Waals surface area contributed by atoms with Crippen LogP contribution < -0.4 is 10.5 Å². The third kappa shape index (κ3) is 1.64. The van der Waals surface area contributed by atoms with Crippen LogP contribution in [0.1, 0.15) is 25.3 Å². The summed E-state index contributed by atoms with van der Waals surface area (Å²) in [6, 6.07) is 3.36. The fraction of sp³-hybridized carbons (Fsp3) is 0.500. The van der Waals surface area contributed by atoms with Crippen LogP contribution in [0.4, 0.5) is 4.39 Å². The Balaban J connectivity index is 2.49. The molecule has 0 radical (unpaired) electrons. The van der Waals surface area contributed by atoms with Gasteiger partial charge in [-0.25, -0.2) is 4.39 Å². The molecule has 2 N–H and O–H groups in total. The smallest absolute Gasteiger partial charge is 0.166 e. The Morgan fingerprint density at radius 3 is 2.44 bits per heavy atom. The van der Waals surface area contributed by atoms with E-state index in [4.69, 9.17) is 10.5 Å². The summed E-state index contributed by atoms with van der Waals surface area (Å²) in [6.45, 7) is 4.17. The fourth-order valence-corrected chi connectivity index (χ4v) is 2.75. The van der Waals surface area contributed by atoms with Gasteiger partial charge in [0.1, 0.15) is 0 Å². The first-order valence-corrected chi connectivity index (χ1v) is 5.97. The largest absolute Gasteiger partial charge is 0.493 e. The van der Waals surface area contributed by atoms with Crippen LogP contribution in [0.15, 0.2) is 16.6 Å². The number of hydrogen-bond donors (Lipinski definition) is 1. The second-order valence-corrected chi connectivity index (χ2v) is 5.75. The van der Waals surface area contributed by atoms with Crippen LogP contribution in [0.3, 0.4) is 0 Å². The monoisotopic (exact) mass is 287 g/mol. The van der Waals surface area contributed by atoms with E-state index in [9.17, 15) is 4.39 Å². The third-order valence-corrected chi connectivity index (χ3v) is 3.94. The van der Waals surface area contributed by atoms with Crippen molar-refractivity contribution in [2.24, 2.45) is 11.1 Å². The summed E-state index contributed by atoms with van der Waals surface area (Å²) in [5.74, 6) is 0.130. The minimum Gasteiger partial charge on any atom is -0.493 e. The molecule has 0 saturated heterocycles. The lowest BCUT2D eigenvalue weighted by Crippen LogP contribution is -2.06. The van der Waals surface area contributed by atoms with E-state index in [-0.39, 0.29) is 23.2 Å². The average Bonchev–Trinajstić information content (AvgIpc) is 2.64. The van der Waals surface area contributed by atoms with Crippen molar-refractivity contribution < 1.29 is 9.13 Å². The van der Waals surface area contributed by atoms with Gasteiger partial charge in [-0.15, -0.1) is 0 Å². The van der Waals surface area contributed by atoms with E-state index >= 15 is 0 Å². The maximum atomic E-state index is 13.7. The number of benzene rings is 1. The normalized spacial score (nSPS) is 26.6. The Hall–Kier alpha value is -0.610. The van der Waals surface area contributed by atoms with Crippen LogP contribution in [0.5, 0.6) is 5.75 Å². The van der Waals surface area contributed by atoms with E-state index in [0.717, 1.165) is 10.0 Å². The molecule has 2 atom stereocenters. The van der Waals surface area contributed by atoms with Crippen molar-refractivity contribution in [1.29, 1.82) is 0 Å². The SMILES string of the molecule is COc1c(F)cc(Br)cc1[C@@H]1[C@@H](N)C1(C)C. The molecule has 1 saturated carbocycles. The van der Waals surface area contributed by atoms with Gasteiger partial charge in [0.15, 0.2) is 11.6 Å². The maximum Gasteiger partial charge on any atom is 0.166 e. The van der Waals surface area contributed by atoms with E-state index in [1.807, 2.05) is 6.07 Å². The molecule has 1 aliphatic rings. The number of nitrogens with two attached hydrogens (primary N) is 1.